The third kappa shape index (κ3) is 3.58. The standard InChI is InChI=1S/C17H22N2O/c1-3-13(2)15-6-4-5-7-16(15)20-17-9-8-14(10-11-18)12-19-17/h4-9,12-13H,3,10-11,18H2,1-2H3. The van der Waals surface area contributed by atoms with Crippen molar-refractivity contribution in [2.75, 3.05) is 6.54 Å². The average Bonchev–Trinajstić information content (AvgIpc) is 2.49. The molecule has 2 rings (SSSR count). The molecule has 0 radical (unpaired) electrons. The van der Waals surface area contributed by atoms with Gasteiger partial charge in [0.05, 0.1) is 0 Å². The molecule has 20 heavy (non-hydrogen) atoms. The molecule has 3 heteroatoms. The number of para-hydroxylation sites is 1. The molecule has 0 fully saturated rings. The zero-order valence-corrected chi connectivity index (χ0v) is 12.2. The maximum atomic E-state index is 5.92. The van der Waals surface area contributed by atoms with Crippen LogP contribution in [0, 0.1) is 0 Å². The van der Waals surface area contributed by atoms with Crippen LogP contribution in [0.2, 0.25) is 0 Å². The van der Waals surface area contributed by atoms with Gasteiger partial charge in [0.1, 0.15) is 5.75 Å². The summed E-state index contributed by atoms with van der Waals surface area (Å²) in [5.41, 5.74) is 7.89. The lowest BCUT2D eigenvalue weighted by molar-refractivity contribution is 0.451. The largest absolute Gasteiger partial charge is 0.439 e. The van der Waals surface area contributed by atoms with Gasteiger partial charge in [0.25, 0.3) is 0 Å². The molecule has 0 aliphatic rings. The Hall–Kier alpha value is -1.87. The Labute approximate surface area is 120 Å². The van der Waals surface area contributed by atoms with Crippen LogP contribution in [-0.4, -0.2) is 11.5 Å². The quantitative estimate of drug-likeness (QED) is 0.866. The van der Waals surface area contributed by atoms with Crippen LogP contribution in [0.4, 0.5) is 0 Å². The summed E-state index contributed by atoms with van der Waals surface area (Å²) in [6.45, 7) is 5.03. The van der Waals surface area contributed by atoms with Gasteiger partial charge in [-0.25, -0.2) is 4.98 Å². The van der Waals surface area contributed by atoms with Crippen molar-refractivity contribution in [2.24, 2.45) is 5.73 Å². The van der Waals surface area contributed by atoms with E-state index in [2.05, 4.69) is 24.9 Å². The predicted molar refractivity (Wildman–Crippen MR) is 82.2 cm³/mol. The first-order valence-electron chi connectivity index (χ1n) is 7.16. The van der Waals surface area contributed by atoms with Gasteiger partial charge in [-0.05, 0) is 42.5 Å². The van der Waals surface area contributed by atoms with Crippen LogP contribution >= 0.6 is 0 Å². The molecular weight excluding hydrogens is 248 g/mol. The number of benzene rings is 1. The highest BCUT2D eigenvalue weighted by Gasteiger charge is 2.10. The molecule has 1 unspecified atom stereocenters. The summed E-state index contributed by atoms with van der Waals surface area (Å²) < 4.78 is 5.92. The van der Waals surface area contributed by atoms with E-state index in [9.17, 15) is 0 Å². The zero-order chi connectivity index (χ0) is 14.4. The Morgan fingerprint density at radius 3 is 2.65 bits per heavy atom. The fraction of sp³-hybridized carbons (Fsp3) is 0.353. The van der Waals surface area contributed by atoms with E-state index in [0.717, 1.165) is 24.2 Å². The number of pyridine rings is 1. The topological polar surface area (TPSA) is 48.1 Å². The van der Waals surface area contributed by atoms with Gasteiger partial charge in [-0.15, -0.1) is 0 Å². The van der Waals surface area contributed by atoms with Crippen LogP contribution in [0.15, 0.2) is 42.6 Å². The number of nitrogens with two attached hydrogens (primary N) is 1. The van der Waals surface area contributed by atoms with Crippen molar-refractivity contribution in [1.82, 2.24) is 4.98 Å². The normalized spacial score (nSPS) is 12.2. The third-order valence-corrected chi connectivity index (χ3v) is 3.51. The fourth-order valence-corrected chi connectivity index (χ4v) is 2.10. The first kappa shape index (κ1) is 14.5. The molecule has 0 aliphatic heterocycles. The number of aromatic nitrogens is 1. The van der Waals surface area contributed by atoms with Crippen molar-refractivity contribution < 1.29 is 4.74 Å². The molecule has 3 nitrogen and oxygen atoms in total. The van der Waals surface area contributed by atoms with Crippen LogP contribution in [0.25, 0.3) is 0 Å². The van der Waals surface area contributed by atoms with Crippen LogP contribution in [-0.2, 0) is 6.42 Å². The molecule has 2 N–H and O–H groups in total. The van der Waals surface area contributed by atoms with E-state index >= 15 is 0 Å². The molecule has 2 aromatic rings. The van der Waals surface area contributed by atoms with Crippen LogP contribution in [0.1, 0.15) is 37.3 Å². The molecule has 1 atom stereocenters. The molecule has 0 amide bonds. The van der Waals surface area contributed by atoms with Gasteiger partial charge in [-0.2, -0.15) is 0 Å². The Balaban J connectivity index is 2.17. The minimum Gasteiger partial charge on any atom is -0.439 e. The number of rotatable bonds is 6. The molecule has 0 aliphatic carbocycles. The van der Waals surface area contributed by atoms with Crippen LogP contribution in [0.5, 0.6) is 11.6 Å². The van der Waals surface area contributed by atoms with Gasteiger partial charge in [0, 0.05) is 12.3 Å². The van der Waals surface area contributed by atoms with Crippen molar-refractivity contribution >= 4 is 0 Å². The van der Waals surface area contributed by atoms with Crippen molar-refractivity contribution in [2.45, 2.75) is 32.6 Å². The van der Waals surface area contributed by atoms with E-state index in [-0.39, 0.29) is 0 Å². The van der Waals surface area contributed by atoms with Gasteiger partial charge >= 0.3 is 0 Å². The molecule has 0 spiro atoms. The lowest BCUT2D eigenvalue weighted by atomic mass is 9.98. The summed E-state index contributed by atoms with van der Waals surface area (Å²) in [5, 5.41) is 0. The van der Waals surface area contributed by atoms with E-state index in [0.29, 0.717) is 18.3 Å². The van der Waals surface area contributed by atoms with Gasteiger partial charge in [-0.1, -0.05) is 38.1 Å². The molecule has 1 heterocycles. The molecular formula is C17H22N2O. The first-order chi connectivity index (χ1) is 9.74. The minimum atomic E-state index is 0.475. The highest BCUT2D eigenvalue weighted by atomic mass is 16.5. The highest BCUT2D eigenvalue weighted by molar-refractivity contribution is 5.38. The summed E-state index contributed by atoms with van der Waals surface area (Å²) in [4.78, 5) is 4.34. The lowest BCUT2D eigenvalue weighted by Crippen LogP contribution is -2.03. The predicted octanol–water partition coefficient (Wildman–Crippen LogP) is 3.89. The monoisotopic (exact) mass is 270 g/mol. The number of hydrogen-bond acceptors (Lipinski definition) is 3. The Morgan fingerprint density at radius 2 is 2.00 bits per heavy atom. The summed E-state index contributed by atoms with van der Waals surface area (Å²) >= 11 is 0. The molecule has 106 valence electrons. The lowest BCUT2D eigenvalue weighted by Gasteiger charge is -2.15. The Morgan fingerprint density at radius 1 is 1.20 bits per heavy atom. The summed E-state index contributed by atoms with van der Waals surface area (Å²) in [7, 11) is 0. The van der Waals surface area contributed by atoms with Gasteiger partial charge in [-0.3, -0.25) is 0 Å². The van der Waals surface area contributed by atoms with Crippen molar-refractivity contribution in [3.63, 3.8) is 0 Å². The highest BCUT2D eigenvalue weighted by Crippen LogP contribution is 2.31. The first-order valence-corrected chi connectivity index (χ1v) is 7.16. The summed E-state index contributed by atoms with van der Waals surface area (Å²) in [6.07, 6.45) is 3.76. The third-order valence-electron chi connectivity index (χ3n) is 3.51. The molecule has 0 saturated heterocycles. The van der Waals surface area contributed by atoms with Gasteiger partial charge in [0.15, 0.2) is 0 Å². The number of ether oxygens (including phenoxy) is 1. The molecule has 0 saturated carbocycles. The van der Waals surface area contributed by atoms with E-state index < -0.39 is 0 Å². The van der Waals surface area contributed by atoms with Crippen molar-refractivity contribution in [3.8, 4) is 11.6 Å². The SMILES string of the molecule is CCC(C)c1ccccc1Oc1ccc(CCN)cn1. The summed E-state index contributed by atoms with van der Waals surface area (Å²) in [6, 6.07) is 12.1. The maximum absolute atomic E-state index is 5.92. The van der Waals surface area contributed by atoms with E-state index in [1.165, 1.54) is 5.56 Å². The second-order valence-corrected chi connectivity index (χ2v) is 4.99. The molecule has 0 bridgehead atoms. The molecule has 1 aromatic carbocycles. The second-order valence-electron chi connectivity index (χ2n) is 4.99. The van der Waals surface area contributed by atoms with Crippen LogP contribution < -0.4 is 10.5 Å². The average molecular weight is 270 g/mol. The second kappa shape index (κ2) is 7.06. The van der Waals surface area contributed by atoms with Gasteiger partial charge < -0.3 is 10.5 Å². The van der Waals surface area contributed by atoms with E-state index in [4.69, 9.17) is 10.5 Å². The zero-order valence-electron chi connectivity index (χ0n) is 12.2. The van der Waals surface area contributed by atoms with E-state index in [1.807, 2.05) is 36.5 Å². The number of hydrogen-bond donors (Lipinski definition) is 1. The minimum absolute atomic E-state index is 0.475. The Bertz CT molecular complexity index is 537. The van der Waals surface area contributed by atoms with Crippen LogP contribution in [0.3, 0.4) is 0 Å². The number of nitrogens with zero attached hydrogens (tertiary/aromatic N) is 1. The molecule has 1 aromatic heterocycles. The van der Waals surface area contributed by atoms with Crippen molar-refractivity contribution in [1.29, 1.82) is 0 Å². The maximum Gasteiger partial charge on any atom is 0.219 e. The fourth-order valence-electron chi connectivity index (χ4n) is 2.10. The smallest absolute Gasteiger partial charge is 0.219 e. The van der Waals surface area contributed by atoms with Gasteiger partial charge in [0.2, 0.25) is 5.88 Å². The van der Waals surface area contributed by atoms with E-state index in [1.54, 1.807) is 0 Å². The Kier molecular flexibility index (Phi) is 5.13. The summed E-state index contributed by atoms with van der Waals surface area (Å²) in [5.74, 6) is 1.99. The van der Waals surface area contributed by atoms with Crippen molar-refractivity contribution in [3.05, 3.63) is 53.7 Å².